The average Bonchev–Trinajstić information content (AvgIpc) is 2.95. The van der Waals surface area contributed by atoms with Crippen LogP contribution in [0, 0.1) is 11.2 Å². The second-order valence-electron chi connectivity index (χ2n) is 7.39. The van der Waals surface area contributed by atoms with Crippen LogP contribution in [0.2, 0.25) is 0 Å². The van der Waals surface area contributed by atoms with E-state index in [1.807, 2.05) is 0 Å². The fourth-order valence-electron chi connectivity index (χ4n) is 4.36. The molecule has 0 saturated carbocycles. The molecule has 2 aliphatic heterocycles. The van der Waals surface area contributed by atoms with Gasteiger partial charge in [-0.25, -0.2) is 9.18 Å². The van der Waals surface area contributed by atoms with E-state index in [-0.39, 0.29) is 29.3 Å². The number of hydrogen-bond acceptors (Lipinski definition) is 3. The lowest BCUT2D eigenvalue weighted by atomic mass is 9.77. The average molecular weight is 346 g/mol. The first-order valence-electron chi connectivity index (χ1n) is 9.08. The van der Waals surface area contributed by atoms with E-state index in [1.54, 1.807) is 17.0 Å². The van der Waals surface area contributed by atoms with Gasteiger partial charge in [0.1, 0.15) is 5.82 Å². The molecule has 2 amide bonds. The molecule has 2 saturated heterocycles. The number of ether oxygens (including phenoxy) is 1. The molecule has 1 aliphatic carbocycles. The zero-order valence-electron chi connectivity index (χ0n) is 14.2. The Bertz CT molecular complexity index is 698. The Hall–Kier alpha value is -2.11. The molecule has 4 rings (SSSR count). The van der Waals surface area contributed by atoms with Gasteiger partial charge in [-0.3, -0.25) is 4.79 Å². The van der Waals surface area contributed by atoms with Gasteiger partial charge < -0.3 is 15.0 Å². The second-order valence-corrected chi connectivity index (χ2v) is 7.39. The minimum atomic E-state index is -0.369. The van der Waals surface area contributed by atoms with Crippen molar-refractivity contribution in [2.75, 3.05) is 19.7 Å². The van der Waals surface area contributed by atoms with Crippen molar-refractivity contribution >= 4 is 12.0 Å². The molecule has 0 bridgehead atoms. The van der Waals surface area contributed by atoms with Gasteiger partial charge in [-0.05, 0) is 61.8 Å². The molecule has 134 valence electrons. The maximum atomic E-state index is 13.4. The summed E-state index contributed by atoms with van der Waals surface area (Å²) in [5.41, 5.74) is 1.64. The Morgan fingerprint density at radius 2 is 2.08 bits per heavy atom. The van der Waals surface area contributed by atoms with Gasteiger partial charge in [0.05, 0.1) is 18.1 Å². The quantitative estimate of drug-likeness (QED) is 0.796. The van der Waals surface area contributed by atoms with E-state index >= 15 is 0 Å². The van der Waals surface area contributed by atoms with Crippen LogP contribution in [-0.4, -0.2) is 36.6 Å². The molecule has 25 heavy (non-hydrogen) atoms. The van der Waals surface area contributed by atoms with Gasteiger partial charge in [-0.2, -0.15) is 0 Å². The lowest BCUT2D eigenvalue weighted by Crippen LogP contribution is -2.49. The lowest BCUT2D eigenvalue weighted by molar-refractivity contribution is -0.148. The largest absolute Gasteiger partial charge is 0.465 e. The molecule has 0 aromatic heterocycles. The van der Waals surface area contributed by atoms with Crippen molar-refractivity contribution in [2.24, 2.45) is 5.41 Å². The number of rotatable bonds is 1. The third kappa shape index (κ3) is 2.98. The molecular weight excluding hydrogens is 323 g/mol. The number of nitrogens with one attached hydrogen (secondary N) is 1. The second kappa shape index (κ2) is 6.32. The van der Waals surface area contributed by atoms with Crippen LogP contribution in [0.4, 0.5) is 9.18 Å². The van der Waals surface area contributed by atoms with Crippen molar-refractivity contribution < 1.29 is 18.7 Å². The summed E-state index contributed by atoms with van der Waals surface area (Å²) in [5, 5.41) is 3.10. The molecule has 1 N–H and O–H groups in total. The van der Waals surface area contributed by atoms with E-state index in [0.717, 1.165) is 36.8 Å². The topological polar surface area (TPSA) is 58.6 Å². The van der Waals surface area contributed by atoms with Crippen LogP contribution < -0.4 is 5.32 Å². The number of piperidine rings is 1. The summed E-state index contributed by atoms with van der Waals surface area (Å²) >= 11 is 0. The first-order chi connectivity index (χ1) is 12.1. The van der Waals surface area contributed by atoms with Crippen molar-refractivity contribution in [3.63, 3.8) is 0 Å². The fourth-order valence-corrected chi connectivity index (χ4v) is 4.36. The van der Waals surface area contributed by atoms with Crippen LogP contribution in [0.15, 0.2) is 18.2 Å². The first-order valence-corrected chi connectivity index (χ1v) is 9.08. The standard InChI is InChI=1S/C19H23FN2O3/c20-14-4-5-15-13(12-14)2-1-3-16(15)21-18(24)22-9-6-19(7-10-22)8-11-25-17(19)23/h4-5,12,16H,1-3,6-11H2,(H,21,24). The van der Waals surface area contributed by atoms with Gasteiger partial charge in [0.2, 0.25) is 0 Å². The smallest absolute Gasteiger partial charge is 0.317 e. The van der Waals surface area contributed by atoms with Crippen LogP contribution in [0.3, 0.4) is 0 Å². The van der Waals surface area contributed by atoms with Crippen molar-refractivity contribution in [1.29, 1.82) is 0 Å². The summed E-state index contributed by atoms with van der Waals surface area (Å²) in [4.78, 5) is 26.4. The lowest BCUT2D eigenvalue weighted by Gasteiger charge is -2.37. The highest BCUT2D eigenvalue weighted by atomic mass is 19.1. The van der Waals surface area contributed by atoms with Gasteiger partial charge in [0.25, 0.3) is 0 Å². The Kier molecular flexibility index (Phi) is 4.13. The van der Waals surface area contributed by atoms with Gasteiger partial charge in [-0.15, -0.1) is 0 Å². The van der Waals surface area contributed by atoms with Crippen molar-refractivity contribution in [2.45, 2.75) is 44.6 Å². The zero-order chi connectivity index (χ0) is 17.4. The van der Waals surface area contributed by atoms with Gasteiger partial charge >= 0.3 is 12.0 Å². The molecule has 3 aliphatic rings. The number of carbonyl (C=O) groups excluding carboxylic acids is 2. The molecular formula is C19H23FN2O3. The number of fused-ring (bicyclic) bond motifs is 1. The van der Waals surface area contributed by atoms with E-state index in [0.29, 0.717) is 32.5 Å². The fraction of sp³-hybridized carbons (Fsp3) is 0.579. The van der Waals surface area contributed by atoms with Crippen LogP contribution in [0.25, 0.3) is 0 Å². The Labute approximate surface area is 146 Å². The molecule has 0 radical (unpaired) electrons. The zero-order valence-corrected chi connectivity index (χ0v) is 14.2. The first kappa shape index (κ1) is 16.4. The monoisotopic (exact) mass is 346 g/mol. The molecule has 1 atom stereocenters. The Morgan fingerprint density at radius 3 is 2.80 bits per heavy atom. The predicted molar refractivity (Wildman–Crippen MR) is 89.4 cm³/mol. The number of amides is 2. The number of urea groups is 1. The highest BCUT2D eigenvalue weighted by Gasteiger charge is 2.47. The number of aryl methyl sites for hydroxylation is 1. The summed E-state index contributed by atoms with van der Waals surface area (Å²) < 4.78 is 18.5. The number of esters is 1. The molecule has 1 aromatic rings. The normalized spacial score (nSPS) is 24.8. The minimum Gasteiger partial charge on any atom is -0.465 e. The van der Waals surface area contributed by atoms with E-state index in [1.165, 1.54) is 6.07 Å². The number of likely N-dealkylation sites (tertiary alicyclic amines) is 1. The van der Waals surface area contributed by atoms with E-state index in [4.69, 9.17) is 4.74 Å². The third-order valence-corrected chi connectivity index (χ3v) is 5.97. The molecule has 1 spiro atoms. The molecule has 5 nitrogen and oxygen atoms in total. The highest BCUT2D eigenvalue weighted by Crippen LogP contribution is 2.40. The number of halogens is 1. The SMILES string of the molecule is O=C(NC1CCCc2cc(F)ccc21)N1CCC2(CCOC2=O)CC1. The number of hydrogen-bond donors (Lipinski definition) is 1. The summed E-state index contributed by atoms with van der Waals surface area (Å²) in [5.74, 6) is -0.328. The Morgan fingerprint density at radius 1 is 1.28 bits per heavy atom. The maximum Gasteiger partial charge on any atom is 0.317 e. The van der Waals surface area contributed by atoms with Crippen molar-refractivity contribution in [3.05, 3.63) is 35.1 Å². The number of benzene rings is 1. The number of cyclic esters (lactones) is 1. The van der Waals surface area contributed by atoms with Crippen molar-refractivity contribution in [3.8, 4) is 0 Å². The molecule has 1 unspecified atom stereocenters. The van der Waals surface area contributed by atoms with Crippen molar-refractivity contribution in [1.82, 2.24) is 10.2 Å². The summed E-state index contributed by atoms with van der Waals surface area (Å²) in [7, 11) is 0. The van der Waals surface area contributed by atoms with E-state index in [2.05, 4.69) is 5.32 Å². The number of nitrogens with zero attached hydrogens (tertiary/aromatic N) is 1. The minimum absolute atomic E-state index is 0.0656. The van der Waals surface area contributed by atoms with Gasteiger partial charge in [-0.1, -0.05) is 6.07 Å². The van der Waals surface area contributed by atoms with Crippen LogP contribution in [0.5, 0.6) is 0 Å². The summed E-state index contributed by atoms with van der Waals surface area (Å²) in [6, 6.07) is 4.66. The maximum absolute atomic E-state index is 13.4. The molecule has 2 heterocycles. The highest BCUT2D eigenvalue weighted by molar-refractivity contribution is 5.80. The molecule has 6 heteroatoms. The van der Waals surface area contributed by atoms with Crippen LogP contribution in [-0.2, 0) is 16.0 Å². The predicted octanol–water partition coefficient (Wildman–Crippen LogP) is 2.94. The summed E-state index contributed by atoms with van der Waals surface area (Å²) in [6.07, 6.45) is 4.78. The van der Waals surface area contributed by atoms with Crippen LogP contribution in [0.1, 0.15) is 49.3 Å². The molecule has 2 fully saturated rings. The summed E-state index contributed by atoms with van der Waals surface area (Å²) in [6.45, 7) is 1.65. The van der Waals surface area contributed by atoms with E-state index < -0.39 is 0 Å². The third-order valence-electron chi connectivity index (χ3n) is 5.97. The Balaban J connectivity index is 1.40. The van der Waals surface area contributed by atoms with Crippen LogP contribution >= 0.6 is 0 Å². The van der Waals surface area contributed by atoms with Gasteiger partial charge in [0, 0.05) is 13.1 Å². The number of carbonyl (C=O) groups is 2. The van der Waals surface area contributed by atoms with E-state index in [9.17, 15) is 14.0 Å². The van der Waals surface area contributed by atoms with Gasteiger partial charge in [0.15, 0.2) is 0 Å². The molecule has 1 aromatic carbocycles.